The summed E-state index contributed by atoms with van der Waals surface area (Å²) in [6.45, 7) is 8.14. The van der Waals surface area contributed by atoms with E-state index >= 15 is 0 Å². The number of piperidine rings is 1. The topological polar surface area (TPSA) is 75.9 Å². The highest BCUT2D eigenvalue weighted by Gasteiger charge is 2.28. The Morgan fingerprint density at radius 3 is 2.74 bits per heavy atom. The van der Waals surface area contributed by atoms with Gasteiger partial charge in [0.15, 0.2) is 0 Å². The summed E-state index contributed by atoms with van der Waals surface area (Å²) in [7, 11) is 0. The van der Waals surface area contributed by atoms with Crippen LogP contribution in [0, 0.1) is 6.92 Å². The van der Waals surface area contributed by atoms with Gasteiger partial charge >= 0.3 is 0 Å². The molecule has 1 fully saturated rings. The molecule has 1 amide bonds. The summed E-state index contributed by atoms with van der Waals surface area (Å²) in [5.41, 5.74) is 2.17. The first-order valence-electron chi connectivity index (χ1n) is 12.0. The van der Waals surface area contributed by atoms with Crippen molar-refractivity contribution in [2.24, 2.45) is 0 Å². The summed E-state index contributed by atoms with van der Waals surface area (Å²) in [6.07, 6.45) is 16.1. The van der Waals surface area contributed by atoms with E-state index in [9.17, 15) is 4.79 Å². The van der Waals surface area contributed by atoms with E-state index in [4.69, 9.17) is 9.97 Å². The number of anilines is 1. The first kappa shape index (κ1) is 23.2. The number of carbonyl (C=O) groups is 1. The number of hydrogen-bond donors (Lipinski definition) is 1. The molecule has 0 spiro atoms. The van der Waals surface area contributed by atoms with Gasteiger partial charge in [0.1, 0.15) is 12.1 Å². The highest BCUT2D eigenvalue weighted by Crippen LogP contribution is 2.30. The van der Waals surface area contributed by atoms with Gasteiger partial charge in [-0.1, -0.05) is 39.5 Å². The summed E-state index contributed by atoms with van der Waals surface area (Å²) < 4.78 is 1.85. The first-order chi connectivity index (χ1) is 15.1. The van der Waals surface area contributed by atoms with Crippen molar-refractivity contribution in [3.05, 3.63) is 30.0 Å². The maximum atomic E-state index is 12.7. The Morgan fingerprint density at radius 1 is 1.16 bits per heavy atom. The van der Waals surface area contributed by atoms with Gasteiger partial charge in [0, 0.05) is 49.2 Å². The molecular weight excluding hydrogens is 388 g/mol. The van der Waals surface area contributed by atoms with Crippen LogP contribution in [0.25, 0.3) is 5.95 Å². The molecule has 3 rings (SSSR count). The van der Waals surface area contributed by atoms with Gasteiger partial charge in [0.05, 0.1) is 0 Å². The Bertz CT molecular complexity index is 820. The monoisotopic (exact) mass is 426 g/mol. The van der Waals surface area contributed by atoms with Gasteiger partial charge < -0.3 is 10.2 Å². The molecule has 3 heterocycles. The third-order valence-electron chi connectivity index (χ3n) is 6.19. The zero-order valence-electron chi connectivity index (χ0n) is 19.4. The van der Waals surface area contributed by atoms with E-state index in [0.29, 0.717) is 12.4 Å². The number of rotatable bonds is 11. The zero-order valence-corrected chi connectivity index (χ0v) is 19.4. The largest absolute Gasteiger partial charge is 0.356 e. The molecule has 0 aromatic carbocycles. The molecule has 1 N–H and O–H groups in total. The molecule has 0 aliphatic carbocycles. The third-order valence-corrected chi connectivity index (χ3v) is 6.19. The standard InChI is InChI=1S/C24H38N6O/c1-4-6-7-8-10-13-26-22(31)17-20-12-9-11-15-30(20)23-21(5-2)19(3)27-24(28-23)29-16-14-25-18-29/h14,16,18,20H,4-13,15,17H2,1-3H3,(H,26,31). The molecule has 31 heavy (non-hydrogen) atoms. The highest BCUT2D eigenvalue weighted by molar-refractivity contribution is 5.77. The van der Waals surface area contributed by atoms with Gasteiger partial charge in [0.2, 0.25) is 11.9 Å². The van der Waals surface area contributed by atoms with E-state index in [1.165, 1.54) is 31.2 Å². The average molecular weight is 427 g/mol. The van der Waals surface area contributed by atoms with Crippen molar-refractivity contribution in [1.82, 2.24) is 24.8 Å². The molecule has 1 atom stereocenters. The molecule has 1 unspecified atom stereocenters. The molecule has 7 heteroatoms. The van der Waals surface area contributed by atoms with Crippen LogP contribution >= 0.6 is 0 Å². The SMILES string of the molecule is CCCCCCCNC(=O)CC1CCCCN1c1nc(-n2ccnc2)nc(C)c1CC. The number of hydrogen-bond acceptors (Lipinski definition) is 5. The fourth-order valence-electron chi connectivity index (χ4n) is 4.45. The Kier molecular flexibility index (Phi) is 8.85. The fourth-order valence-corrected chi connectivity index (χ4v) is 4.45. The smallest absolute Gasteiger partial charge is 0.237 e. The molecule has 1 saturated heterocycles. The van der Waals surface area contributed by atoms with Crippen LogP contribution in [0.2, 0.25) is 0 Å². The predicted molar refractivity (Wildman–Crippen MR) is 125 cm³/mol. The molecule has 7 nitrogen and oxygen atoms in total. The Balaban J connectivity index is 1.70. The molecule has 2 aromatic rings. The van der Waals surface area contributed by atoms with Gasteiger partial charge in [-0.05, 0) is 39.0 Å². The maximum Gasteiger partial charge on any atom is 0.237 e. The van der Waals surface area contributed by atoms with E-state index in [1.54, 1.807) is 12.5 Å². The van der Waals surface area contributed by atoms with E-state index < -0.39 is 0 Å². The van der Waals surface area contributed by atoms with Crippen molar-refractivity contribution in [3.8, 4) is 5.95 Å². The van der Waals surface area contributed by atoms with Gasteiger partial charge in [0.25, 0.3) is 0 Å². The molecule has 0 radical (unpaired) electrons. The van der Waals surface area contributed by atoms with Gasteiger partial charge in [-0.3, -0.25) is 9.36 Å². The van der Waals surface area contributed by atoms with Gasteiger partial charge in [-0.15, -0.1) is 0 Å². The summed E-state index contributed by atoms with van der Waals surface area (Å²) in [4.78, 5) is 28.8. The Hall–Kier alpha value is -2.44. The summed E-state index contributed by atoms with van der Waals surface area (Å²) in [6, 6.07) is 0.184. The van der Waals surface area contributed by atoms with Crippen LogP contribution in [-0.4, -0.2) is 44.6 Å². The molecule has 1 aliphatic rings. The van der Waals surface area contributed by atoms with E-state index in [0.717, 1.165) is 56.7 Å². The molecule has 0 bridgehead atoms. The van der Waals surface area contributed by atoms with Crippen molar-refractivity contribution in [3.63, 3.8) is 0 Å². The van der Waals surface area contributed by atoms with Crippen molar-refractivity contribution in [1.29, 1.82) is 0 Å². The quantitative estimate of drug-likeness (QED) is 0.540. The fraction of sp³-hybridized carbons (Fsp3) is 0.667. The molecule has 1 aliphatic heterocycles. The van der Waals surface area contributed by atoms with Crippen molar-refractivity contribution < 1.29 is 4.79 Å². The van der Waals surface area contributed by atoms with Gasteiger partial charge in [-0.25, -0.2) is 9.97 Å². The van der Waals surface area contributed by atoms with Crippen LogP contribution in [0.15, 0.2) is 18.7 Å². The number of aromatic nitrogens is 4. The average Bonchev–Trinajstić information content (AvgIpc) is 3.31. The van der Waals surface area contributed by atoms with Crippen LogP contribution in [-0.2, 0) is 11.2 Å². The summed E-state index contributed by atoms with van der Waals surface area (Å²) in [5, 5.41) is 3.14. The number of unbranched alkanes of at least 4 members (excludes halogenated alkanes) is 4. The molecule has 2 aromatic heterocycles. The predicted octanol–water partition coefficient (Wildman–Crippen LogP) is 4.37. The summed E-state index contributed by atoms with van der Waals surface area (Å²) >= 11 is 0. The lowest BCUT2D eigenvalue weighted by atomic mass is 9.97. The van der Waals surface area contributed by atoms with Crippen molar-refractivity contribution in [2.75, 3.05) is 18.0 Å². The number of nitrogens with zero attached hydrogens (tertiary/aromatic N) is 5. The second kappa shape index (κ2) is 11.8. The lowest BCUT2D eigenvalue weighted by molar-refractivity contribution is -0.121. The normalized spacial score (nSPS) is 16.5. The molecule has 170 valence electrons. The van der Waals surface area contributed by atoms with E-state index in [2.05, 4.69) is 36.0 Å². The minimum absolute atomic E-state index is 0.158. The number of imidazole rings is 1. The molecule has 0 saturated carbocycles. The van der Waals surface area contributed by atoms with Crippen LogP contribution in [0.4, 0.5) is 5.82 Å². The van der Waals surface area contributed by atoms with Gasteiger partial charge in [-0.2, -0.15) is 4.98 Å². The Labute approximate surface area is 186 Å². The number of carbonyl (C=O) groups excluding carboxylic acids is 1. The highest BCUT2D eigenvalue weighted by atomic mass is 16.1. The second-order valence-corrected chi connectivity index (χ2v) is 8.55. The van der Waals surface area contributed by atoms with E-state index in [1.807, 2.05) is 10.8 Å². The van der Waals surface area contributed by atoms with Crippen LogP contribution in [0.3, 0.4) is 0 Å². The minimum atomic E-state index is 0.158. The number of nitrogens with one attached hydrogen (secondary N) is 1. The van der Waals surface area contributed by atoms with Crippen molar-refractivity contribution in [2.45, 2.75) is 91.0 Å². The number of amides is 1. The lowest BCUT2D eigenvalue weighted by Crippen LogP contribution is -2.44. The van der Waals surface area contributed by atoms with Crippen molar-refractivity contribution >= 4 is 11.7 Å². The number of aryl methyl sites for hydroxylation is 1. The summed E-state index contributed by atoms with van der Waals surface area (Å²) in [5.74, 6) is 1.78. The van der Waals surface area contributed by atoms with Crippen LogP contribution < -0.4 is 10.2 Å². The minimum Gasteiger partial charge on any atom is -0.356 e. The first-order valence-corrected chi connectivity index (χ1v) is 12.0. The zero-order chi connectivity index (χ0) is 22.1. The maximum absolute atomic E-state index is 12.7. The van der Waals surface area contributed by atoms with Crippen LogP contribution in [0.1, 0.15) is 82.9 Å². The molecular formula is C24H38N6O. The van der Waals surface area contributed by atoms with Crippen LogP contribution in [0.5, 0.6) is 0 Å². The Morgan fingerprint density at radius 2 is 2.00 bits per heavy atom. The lowest BCUT2D eigenvalue weighted by Gasteiger charge is -2.37. The van der Waals surface area contributed by atoms with E-state index in [-0.39, 0.29) is 11.9 Å². The third kappa shape index (κ3) is 6.28. The second-order valence-electron chi connectivity index (χ2n) is 8.55.